The number of ether oxygens (including phenoxy) is 3. The molecule has 0 radical (unpaired) electrons. The molecule has 32 heavy (non-hydrogen) atoms. The molecule has 2 atom stereocenters. The molecule has 0 saturated carbocycles. The van der Waals surface area contributed by atoms with Gasteiger partial charge in [-0.2, -0.15) is 0 Å². The fourth-order valence-corrected chi connectivity index (χ4v) is 5.40. The molecule has 6 rings (SSSR count). The van der Waals surface area contributed by atoms with Crippen LogP contribution in [0.15, 0.2) is 23.0 Å². The zero-order valence-electron chi connectivity index (χ0n) is 18.5. The van der Waals surface area contributed by atoms with E-state index >= 15 is 0 Å². The molecule has 1 saturated heterocycles. The Morgan fingerprint density at radius 3 is 2.75 bits per heavy atom. The highest BCUT2D eigenvalue weighted by Crippen LogP contribution is 2.41. The van der Waals surface area contributed by atoms with Gasteiger partial charge < -0.3 is 14.2 Å². The zero-order chi connectivity index (χ0) is 21.8. The number of hydrogen-bond donors (Lipinski definition) is 1. The van der Waals surface area contributed by atoms with Crippen molar-refractivity contribution in [2.24, 2.45) is 0 Å². The van der Waals surface area contributed by atoms with Crippen molar-refractivity contribution in [1.29, 1.82) is 0 Å². The number of hydrogen-bond acceptors (Lipinski definition) is 6. The van der Waals surface area contributed by atoms with E-state index in [1.165, 1.54) is 0 Å². The molecule has 0 aliphatic carbocycles. The first-order valence-electron chi connectivity index (χ1n) is 11.5. The van der Waals surface area contributed by atoms with E-state index in [9.17, 15) is 4.79 Å². The summed E-state index contributed by atoms with van der Waals surface area (Å²) in [7, 11) is 0. The van der Waals surface area contributed by atoms with E-state index in [2.05, 4.69) is 23.0 Å². The summed E-state index contributed by atoms with van der Waals surface area (Å²) < 4.78 is 18.9. The first-order chi connectivity index (χ1) is 15.6. The lowest BCUT2D eigenvalue weighted by molar-refractivity contribution is 0.173. The first kappa shape index (κ1) is 19.7. The second kappa shape index (κ2) is 7.55. The normalized spacial score (nSPS) is 21.7. The lowest BCUT2D eigenvalue weighted by Gasteiger charge is -2.28. The number of nitrogens with one attached hydrogen (secondary N) is 1. The Balaban J connectivity index is 1.34. The van der Waals surface area contributed by atoms with Crippen molar-refractivity contribution in [3.8, 4) is 17.2 Å². The van der Waals surface area contributed by atoms with Crippen LogP contribution >= 0.6 is 0 Å². The molecule has 3 aliphatic rings. The van der Waals surface area contributed by atoms with Crippen LogP contribution in [0.1, 0.15) is 48.7 Å². The van der Waals surface area contributed by atoms with Gasteiger partial charge in [-0.25, -0.2) is 9.50 Å². The maximum Gasteiger partial charge on any atom is 0.276 e. The predicted octanol–water partition coefficient (Wildman–Crippen LogP) is 2.98. The van der Waals surface area contributed by atoms with E-state index < -0.39 is 0 Å². The summed E-state index contributed by atoms with van der Waals surface area (Å²) >= 11 is 0. The van der Waals surface area contributed by atoms with Crippen LogP contribution in [-0.4, -0.2) is 45.0 Å². The van der Waals surface area contributed by atoms with Crippen molar-refractivity contribution < 1.29 is 14.2 Å². The van der Waals surface area contributed by atoms with Crippen molar-refractivity contribution in [2.75, 3.05) is 13.4 Å². The zero-order valence-corrected chi connectivity index (χ0v) is 18.5. The van der Waals surface area contributed by atoms with E-state index in [1.54, 1.807) is 4.52 Å². The van der Waals surface area contributed by atoms with E-state index in [4.69, 9.17) is 19.2 Å². The Kier molecular flexibility index (Phi) is 4.64. The monoisotopic (exact) mass is 436 g/mol. The Labute approximate surface area is 186 Å². The Hall–Kier alpha value is -3.00. The number of aromatic amines is 1. The van der Waals surface area contributed by atoms with Gasteiger partial charge >= 0.3 is 0 Å². The number of H-pyrrole nitrogens is 1. The Morgan fingerprint density at radius 2 is 1.94 bits per heavy atom. The number of aromatic nitrogens is 3. The minimum absolute atomic E-state index is 0.0423. The van der Waals surface area contributed by atoms with Gasteiger partial charge in [0.15, 0.2) is 17.1 Å². The van der Waals surface area contributed by atoms with Gasteiger partial charge in [0.2, 0.25) is 6.79 Å². The molecule has 0 spiro atoms. The van der Waals surface area contributed by atoms with Crippen LogP contribution < -0.4 is 19.8 Å². The predicted molar refractivity (Wildman–Crippen MR) is 119 cm³/mol. The third kappa shape index (κ3) is 3.16. The lowest BCUT2D eigenvalue weighted by atomic mass is 9.98. The van der Waals surface area contributed by atoms with Crippen LogP contribution in [0.2, 0.25) is 0 Å². The molecular formula is C24H28N4O4. The van der Waals surface area contributed by atoms with E-state index in [0.29, 0.717) is 24.3 Å². The van der Waals surface area contributed by atoms with Crippen LogP contribution in [0.25, 0.3) is 5.65 Å². The van der Waals surface area contributed by atoms with E-state index in [0.717, 1.165) is 78.4 Å². The Bertz CT molecular complexity index is 1250. The number of benzene rings is 1. The van der Waals surface area contributed by atoms with Crippen molar-refractivity contribution in [2.45, 2.75) is 64.6 Å². The highest BCUT2D eigenvalue weighted by Gasteiger charge is 2.39. The summed E-state index contributed by atoms with van der Waals surface area (Å²) in [4.78, 5) is 20.6. The average molecular weight is 437 g/mol. The largest absolute Gasteiger partial charge is 0.493 e. The van der Waals surface area contributed by atoms with Gasteiger partial charge in [0.25, 0.3) is 5.56 Å². The van der Waals surface area contributed by atoms with Crippen LogP contribution in [-0.2, 0) is 19.4 Å². The summed E-state index contributed by atoms with van der Waals surface area (Å²) in [5, 5.41) is 3.13. The van der Waals surface area contributed by atoms with Gasteiger partial charge in [0, 0.05) is 54.0 Å². The average Bonchev–Trinajstić information content (AvgIpc) is 3.44. The van der Waals surface area contributed by atoms with Crippen molar-refractivity contribution in [3.05, 3.63) is 51.1 Å². The quantitative estimate of drug-likeness (QED) is 0.662. The topological polar surface area (TPSA) is 81.1 Å². The summed E-state index contributed by atoms with van der Waals surface area (Å²) in [6.45, 7) is 5.73. The maximum absolute atomic E-state index is 13.2. The van der Waals surface area contributed by atoms with E-state index in [1.807, 2.05) is 19.1 Å². The molecule has 8 nitrogen and oxygen atoms in total. The Morgan fingerprint density at radius 1 is 1.16 bits per heavy atom. The van der Waals surface area contributed by atoms with Crippen molar-refractivity contribution in [3.63, 3.8) is 0 Å². The van der Waals surface area contributed by atoms with Gasteiger partial charge in [-0.1, -0.05) is 6.92 Å². The van der Waals surface area contributed by atoms with E-state index in [-0.39, 0.29) is 12.4 Å². The molecular weight excluding hydrogens is 408 g/mol. The SMILES string of the molecule is CCCOc1cc2c(cc1CN1[C@@H]3CC[C@@H]1Cc1c(nc4cc(C)[nH]n4c1=O)C3)OCO2. The van der Waals surface area contributed by atoms with Gasteiger partial charge in [-0.3, -0.25) is 14.8 Å². The second-order valence-electron chi connectivity index (χ2n) is 9.10. The van der Waals surface area contributed by atoms with Crippen LogP contribution in [0.3, 0.4) is 0 Å². The fourth-order valence-electron chi connectivity index (χ4n) is 5.40. The highest BCUT2D eigenvalue weighted by molar-refractivity contribution is 5.52. The second-order valence-corrected chi connectivity index (χ2v) is 9.10. The minimum atomic E-state index is 0.0423. The number of rotatable bonds is 5. The van der Waals surface area contributed by atoms with Crippen LogP contribution in [0.5, 0.6) is 17.2 Å². The molecule has 3 aliphatic heterocycles. The van der Waals surface area contributed by atoms with Gasteiger partial charge in [-0.05, 0) is 38.7 Å². The fraction of sp³-hybridized carbons (Fsp3) is 0.500. The third-order valence-corrected chi connectivity index (χ3v) is 6.93. The molecule has 2 aromatic heterocycles. The lowest BCUT2D eigenvalue weighted by Crippen LogP contribution is -2.36. The summed E-state index contributed by atoms with van der Waals surface area (Å²) in [6, 6.07) is 6.63. The minimum Gasteiger partial charge on any atom is -0.493 e. The summed E-state index contributed by atoms with van der Waals surface area (Å²) in [5.74, 6) is 2.38. The molecule has 0 unspecified atom stereocenters. The molecule has 1 N–H and O–H groups in total. The first-order valence-corrected chi connectivity index (χ1v) is 11.5. The van der Waals surface area contributed by atoms with Crippen molar-refractivity contribution in [1.82, 2.24) is 19.5 Å². The molecule has 1 fully saturated rings. The van der Waals surface area contributed by atoms with Gasteiger partial charge in [-0.15, -0.1) is 0 Å². The summed E-state index contributed by atoms with van der Waals surface area (Å²) in [6.07, 6.45) is 4.69. The third-order valence-electron chi connectivity index (χ3n) is 6.93. The molecule has 3 aromatic rings. The molecule has 8 heteroatoms. The number of nitrogens with zero attached hydrogens (tertiary/aromatic N) is 3. The molecule has 2 bridgehead atoms. The molecule has 5 heterocycles. The van der Waals surface area contributed by atoms with Gasteiger partial charge in [0.1, 0.15) is 5.75 Å². The maximum atomic E-state index is 13.2. The molecule has 168 valence electrons. The van der Waals surface area contributed by atoms with Gasteiger partial charge in [0.05, 0.1) is 12.3 Å². The molecule has 1 aromatic carbocycles. The smallest absolute Gasteiger partial charge is 0.276 e. The van der Waals surface area contributed by atoms with Crippen LogP contribution in [0.4, 0.5) is 0 Å². The standard InChI is InChI=1S/C24H28N4O4/c1-3-6-30-20-11-22-21(31-13-32-22)8-15(20)12-27-16-4-5-17(27)10-19-18(9-16)24(29)28-23(25-19)7-14(2)26-28/h7-8,11,16-17,26H,3-6,9-10,12-13H2,1-2H3/t16-,17-/m1/s1. The number of fused-ring (bicyclic) bond motifs is 5. The highest BCUT2D eigenvalue weighted by atomic mass is 16.7. The summed E-state index contributed by atoms with van der Waals surface area (Å²) in [5.41, 5.74) is 4.62. The van der Waals surface area contributed by atoms with Crippen LogP contribution in [0, 0.1) is 6.92 Å². The number of aryl methyl sites for hydroxylation is 1. The molecule has 0 amide bonds. The van der Waals surface area contributed by atoms with Crippen molar-refractivity contribution >= 4 is 5.65 Å².